The van der Waals surface area contributed by atoms with Gasteiger partial charge in [0, 0.05) is 24.8 Å². The van der Waals surface area contributed by atoms with Crippen LogP contribution < -0.4 is 10.6 Å². The third-order valence-electron chi connectivity index (χ3n) is 5.09. The van der Waals surface area contributed by atoms with Gasteiger partial charge in [0.1, 0.15) is 0 Å². The summed E-state index contributed by atoms with van der Waals surface area (Å²) in [5, 5.41) is 0. The van der Waals surface area contributed by atoms with Gasteiger partial charge in [-0.3, -0.25) is 0 Å². The molecule has 1 saturated heterocycles. The van der Waals surface area contributed by atoms with Gasteiger partial charge in [-0.1, -0.05) is 13.3 Å². The Morgan fingerprint density at radius 1 is 1.19 bits per heavy atom. The van der Waals surface area contributed by atoms with Crippen LogP contribution in [0, 0.1) is 11.8 Å². The predicted octanol–water partition coefficient (Wildman–Crippen LogP) is 2.04. The van der Waals surface area contributed by atoms with Gasteiger partial charge < -0.3 is 10.6 Å². The number of hydrogen-bond acceptors (Lipinski definition) is 4. The zero-order valence-corrected chi connectivity index (χ0v) is 13.3. The lowest BCUT2D eigenvalue weighted by molar-refractivity contribution is 0.260. The topological polar surface area (TPSA) is 63.4 Å². The molecule has 1 aromatic carbocycles. The summed E-state index contributed by atoms with van der Waals surface area (Å²) in [7, 11) is -3.11. The molecule has 2 aliphatic rings. The Morgan fingerprint density at radius 2 is 1.90 bits per heavy atom. The van der Waals surface area contributed by atoms with Gasteiger partial charge >= 0.3 is 0 Å². The maximum Gasteiger partial charge on any atom is 0.178 e. The fourth-order valence-corrected chi connectivity index (χ4v) is 4.64. The molecule has 116 valence electrons. The Bertz CT molecular complexity index is 597. The Kier molecular flexibility index (Phi) is 3.97. The van der Waals surface area contributed by atoms with E-state index in [1.54, 1.807) is 19.1 Å². The molecule has 5 heteroatoms. The molecule has 4 nitrogen and oxygen atoms in total. The third kappa shape index (κ3) is 2.81. The number of benzene rings is 1. The van der Waals surface area contributed by atoms with Crippen LogP contribution in [-0.4, -0.2) is 33.3 Å². The second-order valence-corrected chi connectivity index (χ2v) is 8.60. The van der Waals surface area contributed by atoms with Crippen molar-refractivity contribution in [2.24, 2.45) is 17.6 Å². The number of anilines is 1. The van der Waals surface area contributed by atoms with Gasteiger partial charge in [-0.15, -0.1) is 0 Å². The van der Waals surface area contributed by atoms with Gasteiger partial charge in [-0.05, 0) is 48.9 Å². The maximum absolute atomic E-state index is 11.9. The van der Waals surface area contributed by atoms with Crippen LogP contribution in [0.3, 0.4) is 0 Å². The van der Waals surface area contributed by atoms with E-state index in [0.29, 0.717) is 22.8 Å². The molecule has 3 unspecified atom stereocenters. The van der Waals surface area contributed by atoms with Crippen LogP contribution >= 0.6 is 0 Å². The summed E-state index contributed by atoms with van der Waals surface area (Å²) in [4.78, 5) is 2.78. The molecular weight excluding hydrogens is 284 g/mol. The molecule has 1 saturated carbocycles. The first-order chi connectivity index (χ1) is 10.0. The minimum absolute atomic E-state index is 0.148. The Balaban J connectivity index is 1.77. The van der Waals surface area contributed by atoms with Gasteiger partial charge in [0.25, 0.3) is 0 Å². The minimum atomic E-state index is -3.11. The quantitative estimate of drug-likeness (QED) is 0.928. The zero-order valence-electron chi connectivity index (χ0n) is 12.5. The van der Waals surface area contributed by atoms with Crippen molar-refractivity contribution in [3.8, 4) is 0 Å². The average Bonchev–Trinajstić information content (AvgIpc) is 2.93. The van der Waals surface area contributed by atoms with Crippen LogP contribution in [0.25, 0.3) is 0 Å². The molecule has 1 heterocycles. The van der Waals surface area contributed by atoms with Gasteiger partial charge in [0.05, 0.1) is 10.6 Å². The molecule has 0 bridgehead atoms. The van der Waals surface area contributed by atoms with Crippen molar-refractivity contribution in [3.63, 3.8) is 0 Å². The fraction of sp³-hybridized carbons (Fsp3) is 0.625. The number of nitrogens with zero attached hydrogens (tertiary/aromatic N) is 1. The van der Waals surface area contributed by atoms with E-state index in [1.165, 1.54) is 12.8 Å². The number of rotatable bonds is 3. The van der Waals surface area contributed by atoms with Crippen molar-refractivity contribution in [2.45, 2.75) is 37.1 Å². The molecule has 2 fully saturated rings. The van der Waals surface area contributed by atoms with Crippen LogP contribution in [-0.2, 0) is 9.84 Å². The predicted molar refractivity (Wildman–Crippen MR) is 85.2 cm³/mol. The van der Waals surface area contributed by atoms with Crippen molar-refractivity contribution < 1.29 is 8.42 Å². The van der Waals surface area contributed by atoms with Crippen molar-refractivity contribution in [1.29, 1.82) is 0 Å². The second-order valence-electron chi connectivity index (χ2n) is 6.32. The molecule has 1 aliphatic carbocycles. The lowest BCUT2D eigenvalue weighted by atomic mass is 9.78. The highest BCUT2D eigenvalue weighted by Gasteiger charge is 2.38. The van der Waals surface area contributed by atoms with Gasteiger partial charge in [0.15, 0.2) is 9.84 Å². The van der Waals surface area contributed by atoms with Crippen LogP contribution in [0.5, 0.6) is 0 Å². The minimum Gasteiger partial charge on any atom is -0.371 e. The van der Waals surface area contributed by atoms with Gasteiger partial charge in [-0.25, -0.2) is 8.42 Å². The highest BCUT2D eigenvalue weighted by molar-refractivity contribution is 7.91. The van der Waals surface area contributed by atoms with E-state index in [2.05, 4.69) is 4.90 Å². The van der Waals surface area contributed by atoms with Crippen molar-refractivity contribution in [2.75, 3.05) is 23.7 Å². The summed E-state index contributed by atoms with van der Waals surface area (Å²) >= 11 is 0. The SMILES string of the molecule is CCS(=O)(=O)c1ccc(N2CC3CCCC(N)C3C2)cc1. The molecule has 0 amide bonds. The number of hydrogen-bond donors (Lipinski definition) is 1. The first-order valence-corrected chi connectivity index (χ1v) is 9.50. The monoisotopic (exact) mass is 308 g/mol. The maximum atomic E-state index is 11.9. The summed E-state index contributed by atoms with van der Waals surface area (Å²) in [6.07, 6.45) is 3.66. The summed E-state index contributed by atoms with van der Waals surface area (Å²) in [5.74, 6) is 1.44. The van der Waals surface area contributed by atoms with Crippen LogP contribution in [0.15, 0.2) is 29.2 Å². The lowest BCUT2D eigenvalue weighted by Gasteiger charge is -2.29. The fourth-order valence-electron chi connectivity index (χ4n) is 3.76. The number of nitrogens with two attached hydrogens (primary N) is 1. The van der Waals surface area contributed by atoms with Crippen molar-refractivity contribution in [3.05, 3.63) is 24.3 Å². The number of fused-ring (bicyclic) bond motifs is 1. The van der Waals surface area contributed by atoms with Crippen molar-refractivity contribution >= 4 is 15.5 Å². The van der Waals surface area contributed by atoms with E-state index in [-0.39, 0.29) is 5.75 Å². The Hall–Kier alpha value is -1.07. The average molecular weight is 308 g/mol. The van der Waals surface area contributed by atoms with Crippen LogP contribution in [0.1, 0.15) is 26.2 Å². The van der Waals surface area contributed by atoms with E-state index >= 15 is 0 Å². The zero-order chi connectivity index (χ0) is 15.0. The highest BCUT2D eigenvalue weighted by atomic mass is 32.2. The largest absolute Gasteiger partial charge is 0.371 e. The highest BCUT2D eigenvalue weighted by Crippen LogP contribution is 2.37. The van der Waals surface area contributed by atoms with Crippen LogP contribution in [0.4, 0.5) is 5.69 Å². The molecule has 0 spiro atoms. The third-order valence-corrected chi connectivity index (χ3v) is 6.85. The van der Waals surface area contributed by atoms with Gasteiger partial charge in [0.2, 0.25) is 0 Å². The first kappa shape index (κ1) is 14.9. The normalized spacial score (nSPS) is 29.4. The molecule has 21 heavy (non-hydrogen) atoms. The number of sulfone groups is 1. The molecule has 0 radical (unpaired) electrons. The molecule has 3 atom stereocenters. The molecular formula is C16H24N2O2S. The second kappa shape index (κ2) is 5.61. The molecule has 3 rings (SSSR count). The summed E-state index contributed by atoms with van der Waals surface area (Å²) in [6.45, 7) is 3.74. The summed E-state index contributed by atoms with van der Waals surface area (Å²) in [6, 6.07) is 7.66. The van der Waals surface area contributed by atoms with E-state index < -0.39 is 9.84 Å². The first-order valence-electron chi connectivity index (χ1n) is 7.84. The smallest absolute Gasteiger partial charge is 0.178 e. The van der Waals surface area contributed by atoms with E-state index in [4.69, 9.17) is 5.73 Å². The Morgan fingerprint density at radius 3 is 2.52 bits per heavy atom. The van der Waals surface area contributed by atoms with E-state index in [1.807, 2.05) is 12.1 Å². The Labute approximate surface area is 127 Å². The van der Waals surface area contributed by atoms with E-state index in [0.717, 1.165) is 25.2 Å². The molecule has 1 aliphatic heterocycles. The summed E-state index contributed by atoms with van der Waals surface area (Å²) < 4.78 is 23.7. The lowest BCUT2D eigenvalue weighted by Crippen LogP contribution is -2.38. The van der Waals surface area contributed by atoms with Gasteiger partial charge in [-0.2, -0.15) is 0 Å². The van der Waals surface area contributed by atoms with Crippen molar-refractivity contribution in [1.82, 2.24) is 0 Å². The van der Waals surface area contributed by atoms with Crippen LogP contribution in [0.2, 0.25) is 0 Å². The summed E-state index contributed by atoms with van der Waals surface area (Å²) in [5.41, 5.74) is 7.37. The molecule has 0 aromatic heterocycles. The standard InChI is InChI=1S/C16H24N2O2S/c1-2-21(19,20)14-8-6-13(7-9-14)18-10-12-4-3-5-16(17)15(12)11-18/h6-9,12,15-16H,2-5,10-11,17H2,1H3. The van der Waals surface area contributed by atoms with E-state index in [9.17, 15) is 8.42 Å². The molecule has 2 N–H and O–H groups in total. The molecule has 1 aromatic rings.